The first-order chi connectivity index (χ1) is 8.30. The Labute approximate surface area is 114 Å². The van der Waals surface area contributed by atoms with E-state index in [1.54, 1.807) is 7.11 Å². The first-order valence-electron chi connectivity index (χ1n) is 6.01. The van der Waals surface area contributed by atoms with E-state index in [4.69, 9.17) is 21.1 Å². The Hall–Kier alpha value is 0.120. The number of halogens is 1. The molecule has 0 amide bonds. The van der Waals surface area contributed by atoms with Gasteiger partial charge in [0.25, 0.3) is 0 Å². The van der Waals surface area contributed by atoms with Crippen molar-refractivity contribution in [2.45, 2.75) is 32.0 Å². The van der Waals surface area contributed by atoms with Gasteiger partial charge in [-0.2, -0.15) is 4.31 Å². The Kier molecular flexibility index (Phi) is 5.86. The topological polar surface area (TPSA) is 55.8 Å². The third-order valence-electron chi connectivity index (χ3n) is 2.77. The lowest BCUT2D eigenvalue weighted by Crippen LogP contribution is -2.55. The molecule has 1 rings (SSSR count). The molecule has 1 saturated heterocycles. The zero-order chi connectivity index (χ0) is 13.8. The fraction of sp³-hybridized carbons (Fsp3) is 1.00. The number of methoxy groups -OCH3 is 1. The standard InChI is InChI=1S/C11H22ClNO4S/c1-11(2)9-13(8-10(7-12)17-11)18(14,15)6-4-5-16-3/h10H,4-9H2,1-3H3. The smallest absolute Gasteiger partial charge is 0.214 e. The van der Waals surface area contributed by atoms with Crippen LogP contribution in [0.1, 0.15) is 20.3 Å². The molecule has 0 bridgehead atoms. The van der Waals surface area contributed by atoms with E-state index in [9.17, 15) is 8.42 Å². The molecule has 0 saturated carbocycles. The summed E-state index contributed by atoms with van der Waals surface area (Å²) in [5.41, 5.74) is -0.494. The zero-order valence-electron chi connectivity index (χ0n) is 11.2. The van der Waals surface area contributed by atoms with Crippen LogP contribution in [0.4, 0.5) is 0 Å². The first kappa shape index (κ1) is 16.2. The maximum atomic E-state index is 12.2. The van der Waals surface area contributed by atoms with Gasteiger partial charge in [0.15, 0.2) is 0 Å². The number of alkyl halides is 1. The van der Waals surface area contributed by atoms with Gasteiger partial charge in [-0.1, -0.05) is 0 Å². The lowest BCUT2D eigenvalue weighted by atomic mass is 10.1. The van der Waals surface area contributed by atoms with Crippen LogP contribution in [0, 0.1) is 0 Å². The summed E-state index contributed by atoms with van der Waals surface area (Å²) in [6.45, 7) is 4.91. The highest BCUT2D eigenvalue weighted by Gasteiger charge is 2.38. The number of hydrogen-bond acceptors (Lipinski definition) is 4. The molecule has 1 atom stereocenters. The SMILES string of the molecule is COCCCS(=O)(=O)N1CC(CCl)OC(C)(C)C1. The summed E-state index contributed by atoms with van der Waals surface area (Å²) < 4.78 is 36.4. The largest absolute Gasteiger partial charge is 0.385 e. The second kappa shape index (κ2) is 6.52. The summed E-state index contributed by atoms with van der Waals surface area (Å²) in [4.78, 5) is 0. The van der Waals surface area contributed by atoms with Crippen molar-refractivity contribution < 1.29 is 17.9 Å². The number of morpholine rings is 1. The van der Waals surface area contributed by atoms with E-state index in [0.717, 1.165) is 0 Å². The van der Waals surface area contributed by atoms with E-state index in [2.05, 4.69) is 0 Å². The maximum absolute atomic E-state index is 12.2. The fourth-order valence-electron chi connectivity index (χ4n) is 2.05. The molecule has 7 heteroatoms. The highest BCUT2D eigenvalue weighted by molar-refractivity contribution is 7.89. The number of rotatable bonds is 6. The van der Waals surface area contributed by atoms with Crippen molar-refractivity contribution in [1.29, 1.82) is 0 Å². The molecule has 108 valence electrons. The van der Waals surface area contributed by atoms with Crippen molar-refractivity contribution in [2.24, 2.45) is 0 Å². The Bertz CT molecular complexity index is 358. The quantitative estimate of drug-likeness (QED) is 0.544. The molecule has 0 N–H and O–H groups in total. The summed E-state index contributed by atoms with van der Waals surface area (Å²) in [5, 5.41) is 0. The molecular formula is C11H22ClNO4S. The van der Waals surface area contributed by atoms with Crippen LogP contribution < -0.4 is 0 Å². The molecule has 1 unspecified atom stereocenters. The van der Waals surface area contributed by atoms with Crippen LogP contribution in [0.2, 0.25) is 0 Å². The van der Waals surface area contributed by atoms with Crippen LogP contribution in [0.5, 0.6) is 0 Å². The zero-order valence-corrected chi connectivity index (χ0v) is 12.8. The van der Waals surface area contributed by atoms with E-state index in [-0.39, 0.29) is 11.9 Å². The minimum Gasteiger partial charge on any atom is -0.385 e. The van der Waals surface area contributed by atoms with Crippen molar-refractivity contribution in [3.63, 3.8) is 0 Å². The van der Waals surface area contributed by atoms with Gasteiger partial charge < -0.3 is 9.47 Å². The Morgan fingerprint density at radius 3 is 2.72 bits per heavy atom. The van der Waals surface area contributed by atoms with E-state index in [1.807, 2.05) is 13.8 Å². The summed E-state index contributed by atoms with van der Waals surface area (Å²) in [6.07, 6.45) is 0.259. The third-order valence-corrected chi connectivity index (χ3v) is 4.98. The van der Waals surface area contributed by atoms with Crippen LogP contribution in [-0.2, 0) is 19.5 Å². The van der Waals surface area contributed by atoms with Crippen molar-refractivity contribution in [3.05, 3.63) is 0 Å². The molecule has 1 aliphatic rings. The third kappa shape index (κ3) is 4.66. The van der Waals surface area contributed by atoms with E-state index in [0.29, 0.717) is 32.0 Å². The van der Waals surface area contributed by atoms with Gasteiger partial charge in [0.1, 0.15) is 0 Å². The van der Waals surface area contributed by atoms with Crippen LogP contribution in [0.15, 0.2) is 0 Å². The molecule has 0 radical (unpaired) electrons. The van der Waals surface area contributed by atoms with Gasteiger partial charge in [-0.15, -0.1) is 11.6 Å². The number of hydrogen-bond donors (Lipinski definition) is 0. The predicted octanol–water partition coefficient (Wildman–Crippen LogP) is 1.07. The molecule has 18 heavy (non-hydrogen) atoms. The molecule has 0 aromatic heterocycles. The highest BCUT2D eigenvalue weighted by atomic mass is 35.5. The van der Waals surface area contributed by atoms with Gasteiger partial charge in [0.2, 0.25) is 10.0 Å². The van der Waals surface area contributed by atoms with Crippen molar-refractivity contribution in [2.75, 3.05) is 38.4 Å². The van der Waals surface area contributed by atoms with Crippen LogP contribution >= 0.6 is 11.6 Å². The van der Waals surface area contributed by atoms with Crippen molar-refractivity contribution in [1.82, 2.24) is 4.31 Å². The van der Waals surface area contributed by atoms with Gasteiger partial charge in [0.05, 0.1) is 17.5 Å². The molecule has 5 nitrogen and oxygen atoms in total. The molecule has 0 aromatic rings. The monoisotopic (exact) mass is 299 g/mol. The average Bonchev–Trinajstić information content (AvgIpc) is 2.27. The molecule has 0 aromatic carbocycles. The average molecular weight is 300 g/mol. The molecule has 0 aliphatic carbocycles. The van der Waals surface area contributed by atoms with Gasteiger partial charge >= 0.3 is 0 Å². The molecular weight excluding hydrogens is 278 g/mol. The fourth-order valence-corrected chi connectivity index (χ4v) is 3.85. The summed E-state index contributed by atoms with van der Waals surface area (Å²) in [7, 11) is -1.69. The van der Waals surface area contributed by atoms with Crippen LogP contribution in [0.3, 0.4) is 0 Å². The van der Waals surface area contributed by atoms with Gasteiger partial charge in [0, 0.05) is 32.7 Å². The second-order valence-corrected chi connectivity index (χ2v) is 7.51. The Balaban J connectivity index is 2.68. The minimum atomic E-state index is -3.25. The summed E-state index contributed by atoms with van der Waals surface area (Å²) in [5.74, 6) is 0.402. The lowest BCUT2D eigenvalue weighted by molar-refractivity contribution is -0.107. The van der Waals surface area contributed by atoms with Crippen LogP contribution in [-0.4, -0.2) is 62.9 Å². The van der Waals surface area contributed by atoms with Gasteiger partial charge in [-0.3, -0.25) is 0 Å². The summed E-state index contributed by atoms with van der Waals surface area (Å²) in [6, 6.07) is 0. The Morgan fingerprint density at radius 1 is 1.50 bits per heavy atom. The molecule has 1 heterocycles. The normalized spacial score (nSPS) is 25.2. The van der Waals surface area contributed by atoms with E-state index < -0.39 is 15.6 Å². The van der Waals surface area contributed by atoms with Gasteiger partial charge in [-0.05, 0) is 20.3 Å². The minimum absolute atomic E-state index is 0.103. The lowest BCUT2D eigenvalue weighted by Gasteiger charge is -2.41. The van der Waals surface area contributed by atoms with Crippen LogP contribution in [0.25, 0.3) is 0 Å². The second-order valence-electron chi connectivity index (χ2n) is 5.11. The maximum Gasteiger partial charge on any atom is 0.214 e. The highest BCUT2D eigenvalue weighted by Crippen LogP contribution is 2.24. The van der Waals surface area contributed by atoms with Gasteiger partial charge in [-0.25, -0.2) is 8.42 Å². The summed E-state index contributed by atoms with van der Waals surface area (Å²) >= 11 is 5.78. The predicted molar refractivity (Wildman–Crippen MR) is 71.5 cm³/mol. The van der Waals surface area contributed by atoms with Crippen molar-refractivity contribution in [3.8, 4) is 0 Å². The molecule has 0 spiro atoms. The van der Waals surface area contributed by atoms with Crippen molar-refractivity contribution >= 4 is 21.6 Å². The Morgan fingerprint density at radius 2 is 2.17 bits per heavy atom. The number of sulfonamides is 1. The molecule has 1 fully saturated rings. The molecule has 1 aliphatic heterocycles. The van der Waals surface area contributed by atoms with E-state index in [1.165, 1.54) is 4.31 Å². The number of ether oxygens (including phenoxy) is 2. The van der Waals surface area contributed by atoms with E-state index >= 15 is 0 Å². The number of nitrogens with zero attached hydrogens (tertiary/aromatic N) is 1. The first-order valence-corrected chi connectivity index (χ1v) is 8.15.